The summed E-state index contributed by atoms with van der Waals surface area (Å²) in [6.07, 6.45) is 2.19. The molecule has 4 aromatic carbocycles. The van der Waals surface area contributed by atoms with Gasteiger partial charge in [-0.15, -0.1) is 0 Å². The Morgan fingerprint density at radius 1 is 0.630 bits per heavy atom. The van der Waals surface area contributed by atoms with Crippen LogP contribution < -0.4 is 4.57 Å². The third-order valence-electron chi connectivity index (χ3n) is 5.68. The molecule has 0 radical (unpaired) electrons. The summed E-state index contributed by atoms with van der Waals surface area (Å²) in [6, 6.07) is 26.6. The van der Waals surface area contributed by atoms with Crippen molar-refractivity contribution < 1.29 is 4.57 Å². The largest absolute Gasteiger partial charge is 0.221 e. The Balaban J connectivity index is 2.11. The van der Waals surface area contributed by atoms with Gasteiger partial charge in [-0.05, 0) is 47.0 Å². The minimum atomic E-state index is 1.28. The lowest BCUT2D eigenvalue weighted by atomic mass is 9.90. The zero-order valence-electron chi connectivity index (χ0n) is 16.0. The van der Waals surface area contributed by atoms with Crippen LogP contribution in [-0.2, 0) is 7.05 Å². The van der Waals surface area contributed by atoms with Crippen molar-refractivity contribution in [2.75, 3.05) is 0 Å². The number of fused-ring (bicyclic) bond motifs is 6. The lowest BCUT2D eigenvalue weighted by molar-refractivity contribution is -0.659. The number of hydrogen-bond donors (Lipinski definition) is 0. The molecule has 0 saturated heterocycles. The Kier molecular flexibility index (Phi) is 3.51. The van der Waals surface area contributed by atoms with E-state index >= 15 is 0 Å². The van der Waals surface area contributed by atoms with Crippen LogP contribution in [0.1, 0.15) is 11.1 Å². The van der Waals surface area contributed by atoms with E-state index in [-0.39, 0.29) is 0 Å². The van der Waals surface area contributed by atoms with E-state index < -0.39 is 0 Å². The summed E-state index contributed by atoms with van der Waals surface area (Å²) in [7, 11) is 2.15. The first-order chi connectivity index (χ1) is 13.1. The van der Waals surface area contributed by atoms with Gasteiger partial charge in [0.05, 0.1) is 5.39 Å². The molecular formula is C26H22N+. The molecule has 0 atom stereocenters. The number of aryl methyl sites for hydroxylation is 3. The Bertz CT molecular complexity index is 1350. The minimum absolute atomic E-state index is 1.28. The third-order valence-corrected chi connectivity index (χ3v) is 5.68. The molecule has 1 heterocycles. The molecule has 0 amide bonds. The van der Waals surface area contributed by atoms with Crippen LogP contribution in [-0.4, -0.2) is 0 Å². The van der Waals surface area contributed by atoms with E-state index in [1.807, 2.05) is 0 Å². The van der Waals surface area contributed by atoms with Crippen molar-refractivity contribution >= 4 is 32.3 Å². The van der Waals surface area contributed by atoms with Gasteiger partial charge in [-0.25, -0.2) is 4.57 Å². The first kappa shape index (κ1) is 16.0. The Morgan fingerprint density at radius 2 is 1.30 bits per heavy atom. The minimum Gasteiger partial charge on any atom is -0.200 e. The summed E-state index contributed by atoms with van der Waals surface area (Å²) in [5.74, 6) is 0. The first-order valence-corrected chi connectivity index (χ1v) is 9.44. The van der Waals surface area contributed by atoms with Gasteiger partial charge in [0.1, 0.15) is 7.05 Å². The van der Waals surface area contributed by atoms with Crippen LogP contribution in [0.25, 0.3) is 43.6 Å². The maximum Gasteiger partial charge on any atom is 0.221 e. The van der Waals surface area contributed by atoms with Gasteiger partial charge in [0, 0.05) is 17.0 Å². The van der Waals surface area contributed by atoms with E-state index in [2.05, 4.69) is 104 Å². The molecule has 0 aliphatic heterocycles. The van der Waals surface area contributed by atoms with E-state index in [0.717, 1.165) is 0 Å². The molecule has 1 aromatic heterocycles. The van der Waals surface area contributed by atoms with Crippen LogP contribution in [0, 0.1) is 13.8 Å². The number of rotatable bonds is 1. The summed E-state index contributed by atoms with van der Waals surface area (Å²) < 4.78 is 2.26. The Hall–Kier alpha value is -3.19. The molecule has 5 rings (SSSR count). The standard InChI is InChI=1S/C26H22N/c1-17-12-13-22-24(16-17)21-11-7-6-10-20(21)23-14-15-27(3)26(25(22)23)19-9-5-4-8-18(19)2/h4-16H,1-3H3/q+1. The second kappa shape index (κ2) is 5.92. The summed E-state index contributed by atoms with van der Waals surface area (Å²) in [5.41, 5.74) is 5.17. The summed E-state index contributed by atoms with van der Waals surface area (Å²) in [5, 5.41) is 7.96. The number of pyridine rings is 1. The molecule has 130 valence electrons. The third kappa shape index (κ3) is 2.35. The number of benzene rings is 4. The number of nitrogens with zero attached hydrogens (tertiary/aromatic N) is 1. The lowest BCUT2D eigenvalue weighted by Gasteiger charge is -2.14. The molecule has 0 aliphatic carbocycles. The molecule has 0 saturated carbocycles. The highest BCUT2D eigenvalue weighted by atomic mass is 14.9. The summed E-state index contributed by atoms with van der Waals surface area (Å²) in [6.45, 7) is 4.37. The van der Waals surface area contributed by atoms with Gasteiger partial charge in [-0.1, -0.05) is 66.2 Å². The van der Waals surface area contributed by atoms with E-state index in [4.69, 9.17) is 0 Å². The van der Waals surface area contributed by atoms with Crippen LogP contribution in [0.15, 0.2) is 79.0 Å². The quantitative estimate of drug-likeness (QED) is 0.249. The predicted octanol–water partition coefficient (Wildman–Crippen LogP) is 6.25. The maximum absolute atomic E-state index is 2.33. The monoisotopic (exact) mass is 348 g/mol. The molecule has 27 heavy (non-hydrogen) atoms. The van der Waals surface area contributed by atoms with Gasteiger partial charge in [-0.2, -0.15) is 0 Å². The number of hydrogen-bond acceptors (Lipinski definition) is 0. The first-order valence-electron chi connectivity index (χ1n) is 9.44. The number of aromatic nitrogens is 1. The van der Waals surface area contributed by atoms with Gasteiger partial charge in [0.2, 0.25) is 5.69 Å². The van der Waals surface area contributed by atoms with Gasteiger partial charge >= 0.3 is 0 Å². The fourth-order valence-electron chi connectivity index (χ4n) is 4.36. The normalized spacial score (nSPS) is 11.5. The predicted molar refractivity (Wildman–Crippen MR) is 115 cm³/mol. The molecule has 0 N–H and O–H groups in total. The highest BCUT2D eigenvalue weighted by Crippen LogP contribution is 2.39. The van der Waals surface area contributed by atoms with E-state index in [0.29, 0.717) is 0 Å². The summed E-state index contributed by atoms with van der Waals surface area (Å²) >= 11 is 0. The fourth-order valence-corrected chi connectivity index (χ4v) is 4.36. The summed E-state index contributed by atoms with van der Waals surface area (Å²) in [4.78, 5) is 0. The highest BCUT2D eigenvalue weighted by molar-refractivity contribution is 6.27. The topological polar surface area (TPSA) is 3.88 Å². The van der Waals surface area contributed by atoms with Crippen molar-refractivity contribution in [3.8, 4) is 11.3 Å². The van der Waals surface area contributed by atoms with E-state index in [1.54, 1.807) is 0 Å². The second-order valence-electron chi connectivity index (χ2n) is 7.47. The smallest absolute Gasteiger partial charge is 0.200 e. The molecule has 0 bridgehead atoms. The van der Waals surface area contributed by atoms with Crippen LogP contribution in [0.5, 0.6) is 0 Å². The Morgan fingerprint density at radius 3 is 2.07 bits per heavy atom. The maximum atomic E-state index is 2.33. The molecule has 0 aliphatic rings. The fraction of sp³-hybridized carbons (Fsp3) is 0.115. The van der Waals surface area contributed by atoms with Crippen molar-refractivity contribution in [3.63, 3.8) is 0 Å². The molecule has 1 heteroatoms. The SMILES string of the molecule is Cc1ccc2c(c1)c1ccccc1c1cc[n+](C)c(-c3ccccc3C)c12. The molecule has 5 aromatic rings. The van der Waals surface area contributed by atoms with Crippen LogP contribution >= 0.6 is 0 Å². The average Bonchev–Trinajstić information content (AvgIpc) is 2.69. The molecule has 0 unspecified atom stereocenters. The van der Waals surface area contributed by atoms with Gasteiger partial charge < -0.3 is 0 Å². The van der Waals surface area contributed by atoms with Gasteiger partial charge in [-0.3, -0.25) is 0 Å². The average molecular weight is 348 g/mol. The second-order valence-corrected chi connectivity index (χ2v) is 7.47. The molecule has 1 nitrogen and oxygen atoms in total. The molecule has 0 fully saturated rings. The van der Waals surface area contributed by atoms with Crippen molar-refractivity contribution in [1.82, 2.24) is 0 Å². The highest BCUT2D eigenvalue weighted by Gasteiger charge is 2.21. The van der Waals surface area contributed by atoms with Gasteiger partial charge in [0.15, 0.2) is 6.20 Å². The van der Waals surface area contributed by atoms with Crippen molar-refractivity contribution in [2.24, 2.45) is 7.05 Å². The van der Waals surface area contributed by atoms with Gasteiger partial charge in [0.25, 0.3) is 0 Å². The van der Waals surface area contributed by atoms with E-state index in [1.165, 1.54) is 54.7 Å². The van der Waals surface area contributed by atoms with E-state index in [9.17, 15) is 0 Å². The molecular weight excluding hydrogens is 326 g/mol. The van der Waals surface area contributed by atoms with Crippen molar-refractivity contribution in [2.45, 2.75) is 13.8 Å². The Labute approximate surface area is 159 Å². The van der Waals surface area contributed by atoms with Crippen LogP contribution in [0.2, 0.25) is 0 Å². The van der Waals surface area contributed by atoms with Crippen LogP contribution in [0.3, 0.4) is 0 Å². The lowest BCUT2D eigenvalue weighted by Crippen LogP contribution is -2.30. The zero-order chi connectivity index (χ0) is 18.5. The van der Waals surface area contributed by atoms with Crippen molar-refractivity contribution in [3.05, 3.63) is 90.1 Å². The van der Waals surface area contributed by atoms with Crippen molar-refractivity contribution in [1.29, 1.82) is 0 Å². The zero-order valence-corrected chi connectivity index (χ0v) is 16.0. The molecule has 0 spiro atoms. The van der Waals surface area contributed by atoms with Crippen LogP contribution in [0.4, 0.5) is 0 Å².